The molecule has 1 aromatic rings. The zero-order chi connectivity index (χ0) is 19.4. The van der Waals surface area contributed by atoms with Gasteiger partial charge in [-0.15, -0.1) is 24.0 Å². The van der Waals surface area contributed by atoms with Gasteiger partial charge >= 0.3 is 0 Å². The van der Waals surface area contributed by atoms with E-state index in [4.69, 9.17) is 9.47 Å². The average Bonchev–Trinajstić information content (AvgIpc) is 2.64. The van der Waals surface area contributed by atoms with Gasteiger partial charge in [0.05, 0.1) is 13.7 Å². The van der Waals surface area contributed by atoms with E-state index in [9.17, 15) is 4.79 Å². The molecule has 0 bridgehead atoms. The summed E-state index contributed by atoms with van der Waals surface area (Å²) in [6, 6.07) is 7.70. The predicted molar refractivity (Wildman–Crippen MR) is 120 cm³/mol. The van der Waals surface area contributed by atoms with Crippen LogP contribution in [-0.4, -0.2) is 51.3 Å². The van der Waals surface area contributed by atoms with E-state index in [1.807, 2.05) is 45.0 Å². The maximum atomic E-state index is 11.8. The van der Waals surface area contributed by atoms with E-state index >= 15 is 0 Å². The van der Waals surface area contributed by atoms with Gasteiger partial charge in [0.15, 0.2) is 5.96 Å². The van der Waals surface area contributed by atoms with Crippen LogP contribution in [-0.2, 0) is 4.79 Å². The number of amides is 1. The van der Waals surface area contributed by atoms with Crippen LogP contribution >= 0.6 is 24.0 Å². The third-order valence-electron chi connectivity index (χ3n) is 3.82. The summed E-state index contributed by atoms with van der Waals surface area (Å²) >= 11 is 0. The molecule has 1 rings (SSSR count). The first-order chi connectivity index (χ1) is 12.5. The molecular weight excluding hydrogens is 459 g/mol. The minimum Gasteiger partial charge on any atom is -0.497 e. The highest BCUT2D eigenvalue weighted by atomic mass is 127. The second-order valence-corrected chi connectivity index (χ2v) is 6.11. The molecule has 8 heteroatoms. The Morgan fingerprint density at radius 3 is 2.56 bits per heavy atom. The lowest BCUT2D eigenvalue weighted by Gasteiger charge is -2.18. The molecular formula is C19H33IN4O3. The number of ether oxygens (including phenoxy) is 2. The van der Waals surface area contributed by atoms with Crippen LogP contribution in [0.3, 0.4) is 0 Å². The van der Waals surface area contributed by atoms with Crippen LogP contribution in [0.1, 0.15) is 33.6 Å². The van der Waals surface area contributed by atoms with Crippen LogP contribution in [0.25, 0.3) is 0 Å². The number of guanidine groups is 1. The summed E-state index contributed by atoms with van der Waals surface area (Å²) in [5.41, 5.74) is 0. The molecule has 0 spiro atoms. The summed E-state index contributed by atoms with van der Waals surface area (Å²) in [5.74, 6) is 2.19. The van der Waals surface area contributed by atoms with E-state index in [2.05, 4.69) is 20.9 Å². The summed E-state index contributed by atoms with van der Waals surface area (Å²) in [6.45, 7) is 7.11. The SMILES string of the molecule is CCC(C)NC(=O)CCNC(=NC)NCC(C)Oc1cccc(OC)c1.I. The highest BCUT2D eigenvalue weighted by Gasteiger charge is 2.08. The molecule has 3 N–H and O–H groups in total. The molecule has 154 valence electrons. The molecule has 7 nitrogen and oxygen atoms in total. The van der Waals surface area contributed by atoms with Crippen LogP contribution in [0.2, 0.25) is 0 Å². The summed E-state index contributed by atoms with van der Waals surface area (Å²) in [4.78, 5) is 15.9. The maximum Gasteiger partial charge on any atom is 0.221 e. The lowest BCUT2D eigenvalue weighted by molar-refractivity contribution is -0.121. The molecule has 0 aromatic heterocycles. The first kappa shape index (κ1) is 25.3. The fourth-order valence-electron chi connectivity index (χ4n) is 2.15. The monoisotopic (exact) mass is 492 g/mol. The van der Waals surface area contributed by atoms with Crippen LogP contribution in [0.15, 0.2) is 29.3 Å². The van der Waals surface area contributed by atoms with E-state index in [0.29, 0.717) is 25.5 Å². The number of carbonyl (C=O) groups is 1. The average molecular weight is 492 g/mol. The number of hydrogen-bond donors (Lipinski definition) is 3. The van der Waals surface area contributed by atoms with E-state index in [1.54, 1.807) is 14.2 Å². The van der Waals surface area contributed by atoms with E-state index in [0.717, 1.165) is 17.9 Å². The highest BCUT2D eigenvalue weighted by molar-refractivity contribution is 14.0. The standard InChI is InChI=1S/C19H32N4O3.HI/c1-6-14(2)23-18(24)10-11-21-19(20-4)22-13-15(3)26-17-9-7-8-16(12-17)25-5;/h7-9,12,14-15H,6,10-11,13H2,1-5H3,(H,23,24)(H2,20,21,22);1H. The lowest BCUT2D eigenvalue weighted by Crippen LogP contribution is -2.43. The minimum absolute atomic E-state index is 0. The predicted octanol–water partition coefficient (Wildman–Crippen LogP) is 2.55. The molecule has 0 heterocycles. The number of benzene rings is 1. The Morgan fingerprint density at radius 1 is 1.22 bits per heavy atom. The number of nitrogens with zero attached hydrogens (tertiary/aromatic N) is 1. The van der Waals surface area contributed by atoms with E-state index < -0.39 is 0 Å². The fraction of sp³-hybridized carbons (Fsp3) is 0.579. The molecule has 0 radical (unpaired) electrons. The molecule has 2 unspecified atom stereocenters. The second kappa shape index (κ2) is 14.4. The Bertz CT molecular complexity index is 584. The molecule has 0 aliphatic rings. The lowest BCUT2D eigenvalue weighted by atomic mass is 10.2. The smallest absolute Gasteiger partial charge is 0.221 e. The first-order valence-corrected chi connectivity index (χ1v) is 9.03. The molecule has 1 amide bonds. The molecule has 0 saturated heterocycles. The van der Waals surface area contributed by atoms with Crippen LogP contribution in [0.5, 0.6) is 11.5 Å². The van der Waals surface area contributed by atoms with Gasteiger partial charge in [0.25, 0.3) is 0 Å². The zero-order valence-electron chi connectivity index (χ0n) is 16.9. The van der Waals surface area contributed by atoms with Gasteiger partial charge in [0.1, 0.15) is 17.6 Å². The quantitative estimate of drug-likeness (QED) is 0.266. The Balaban J connectivity index is 0.00000676. The van der Waals surface area contributed by atoms with Gasteiger partial charge in [-0.3, -0.25) is 9.79 Å². The normalized spacial score (nSPS) is 13.0. The summed E-state index contributed by atoms with van der Waals surface area (Å²) < 4.78 is 11.1. The largest absolute Gasteiger partial charge is 0.497 e. The van der Waals surface area contributed by atoms with Crippen molar-refractivity contribution >= 4 is 35.8 Å². The zero-order valence-corrected chi connectivity index (χ0v) is 19.2. The minimum atomic E-state index is -0.0608. The summed E-state index contributed by atoms with van der Waals surface area (Å²) in [6.07, 6.45) is 1.27. The number of nitrogens with one attached hydrogen (secondary N) is 3. The van der Waals surface area contributed by atoms with Crippen molar-refractivity contribution < 1.29 is 14.3 Å². The summed E-state index contributed by atoms with van der Waals surface area (Å²) in [7, 11) is 3.32. The van der Waals surface area contributed by atoms with Gasteiger partial charge in [-0.2, -0.15) is 0 Å². The third-order valence-corrected chi connectivity index (χ3v) is 3.82. The Morgan fingerprint density at radius 2 is 1.93 bits per heavy atom. The molecule has 0 fully saturated rings. The van der Waals surface area contributed by atoms with Gasteiger partial charge in [0, 0.05) is 32.1 Å². The van der Waals surface area contributed by atoms with Crippen molar-refractivity contribution in [1.29, 1.82) is 0 Å². The van der Waals surface area contributed by atoms with Gasteiger partial charge < -0.3 is 25.4 Å². The number of aliphatic imine (C=N–C) groups is 1. The van der Waals surface area contributed by atoms with Crippen LogP contribution in [0.4, 0.5) is 0 Å². The number of hydrogen-bond acceptors (Lipinski definition) is 4. The van der Waals surface area contributed by atoms with Gasteiger partial charge in [-0.1, -0.05) is 13.0 Å². The molecule has 0 aliphatic carbocycles. The number of methoxy groups -OCH3 is 1. The molecule has 0 saturated carbocycles. The van der Waals surface area contributed by atoms with Crippen molar-refractivity contribution in [3.63, 3.8) is 0 Å². The van der Waals surface area contributed by atoms with Crippen molar-refractivity contribution in [3.05, 3.63) is 24.3 Å². The number of rotatable bonds is 10. The van der Waals surface area contributed by atoms with Crippen molar-refractivity contribution in [2.45, 2.75) is 45.8 Å². The fourth-order valence-corrected chi connectivity index (χ4v) is 2.15. The van der Waals surface area contributed by atoms with E-state index in [1.165, 1.54) is 0 Å². The summed E-state index contributed by atoms with van der Waals surface area (Å²) in [5, 5.41) is 9.26. The Labute approximate surface area is 179 Å². The van der Waals surface area contributed by atoms with Gasteiger partial charge in [-0.25, -0.2) is 0 Å². The maximum absolute atomic E-state index is 11.8. The van der Waals surface area contributed by atoms with Crippen molar-refractivity contribution in [3.8, 4) is 11.5 Å². The van der Waals surface area contributed by atoms with Crippen LogP contribution < -0.4 is 25.4 Å². The van der Waals surface area contributed by atoms with Crippen LogP contribution in [0, 0.1) is 0 Å². The van der Waals surface area contributed by atoms with Crippen molar-refractivity contribution in [2.75, 3.05) is 27.2 Å². The Hall–Kier alpha value is -1.71. The highest BCUT2D eigenvalue weighted by Crippen LogP contribution is 2.19. The second-order valence-electron chi connectivity index (χ2n) is 6.11. The molecule has 0 aliphatic heterocycles. The van der Waals surface area contributed by atoms with Gasteiger partial charge in [0.2, 0.25) is 5.91 Å². The van der Waals surface area contributed by atoms with Crippen molar-refractivity contribution in [1.82, 2.24) is 16.0 Å². The van der Waals surface area contributed by atoms with Gasteiger partial charge in [-0.05, 0) is 32.4 Å². The number of carbonyl (C=O) groups excluding carboxylic acids is 1. The van der Waals surface area contributed by atoms with Crippen molar-refractivity contribution in [2.24, 2.45) is 4.99 Å². The molecule has 27 heavy (non-hydrogen) atoms. The Kier molecular flexibility index (Phi) is 13.5. The topological polar surface area (TPSA) is 84.0 Å². The third kappa shape index (κ3) is 10.9. The molecule has 1 aromatic carbocycles. The molecule has 2 atom stereocenters. The van der Waals surface area contributed by atoms with E-state index in [-0.39, 0.29) is 42.0 Å². The first-order valence-electron chi connectivity index (χ1n) is 9.03. The number of halogens is 1.